The number of amides is 1. The molecule has 130 valence electrons. The van der Waals surface area contributed by atoms with Crippen molar-refractivity contribution in [1.82, 2.24) is 4.31 Å². The molecule has 2 aromatic rings. The van der Waals surface area contributed by atoms with Crippen molar-refractivity contribution in [2.75, 3.05) is 18.9 Å². The smallest absolute Gasteiger partial charge is 0.252 e. The topological polar surface area (TPSA) is 66.5 Å². The summed E-state index contributed by atoms with van der Waals surface area (Å²) in [7, 11) is -2.12. The first-order chi connectivity index (χ1) is 11.3. The van der Waals surface area contributed by atoms with Crippen molar-refractivity contribution in [1.29, 1.82) is 0 Å². The maximum atomic E-state index is 13.4. The van der Waals surface area contributed by atoms with Crippen LogP contribution >= 0.6 is 11.3 Å². The minimum absolute atomic E-state index is 0.0136. The lowest BCUT2D eigenvalue weighted by Gasteiger charge is -2.15. The molecular weight excluding hydrogens is 358 g/mol. The zero-order valence-electron chi connectivity index (χ0n) is 12.8. The molecule has 1 aromatic heterocycles. The number of hydrogen-bond acceptors (Lipinski definition) is 4. The van der Waals surface area contributed by atoms with Crippen LogP contribution in [0.1, 0.15) is 12.8 Å². The molecule has 0 atom stereocenters. The Hall–Kier alpha value is -1.84. The van der Waals surface area contributed by atoms with Gasteiger partial charge in [-0.3, -0.25) is 4.79 Å². The summed E-state index contributed by atoms with van der Waals surface area (Å²) in [5.41, 5.74) is -0.237. The lowest BCUT2D eigenvalue weighted by molar-refractivity contribution is -0.116. The summed E-state index contributed by atoms with van der Waals surface area (Å²) in [6.45, 7) is 0.138. The molecule has 0 saturated heterocycles. The second-order valence-electron chi connectivity index (χ2n) is 5.03. The largest absolute Gasteiger partial charge is 0.324 e. The van der Waals surface area contributed by atoms with E-state index in [0.717, 1.165) is 33.8 Å². The van der Waals surface area contributed by atoms with E-state index in [0.29, 0.717) is 0 Å². The van der Waals surface area contributed by atoms with Crippen LogP contribution in [-0.4, -0.2) is 32.2 Å². The van der Waals surface area contributed by atoms with Gasteiger partial charge in [0.2, 0.25) is 5.91 Å². The number of nitrogens with one attached hydrogen (secondary N) is 1. The standard InChI is InChI=1S/C15H16F2N2O3S2/c1-19(24(21,22)15-5-3-9-23-15)8-2-4-14(20)18-13-10-11(16)6-7-12(13)17/h3,5-7,9-10H,2,4,8H2,1H3,(H,18,20). The Bertz CT molecular complexity index is 808. The first-order valence-corrected chi connectivity index (χ1v) is 9.37. The number of carbonyl (C=O) groups excluding carboxylic acids is 1. The summed E-state index contributed by atoms with van der Waals surface area (Å²) in [4.78, 5) is 11.8. The quantitative estimate of drug-likeness (QED) is 0.810. The first kappa shape index (κ1) is 18.5. The SMILES string of the molecule is CN(CCCC(=O)Nc1cc(F)ccc1F)S(=O)(=O)c1cccs1. The maximum absolute atomic E-state index is 13.4. The molecule has 1 N–H and O–H groups in total. The fourth-order valence-corrected chi connectivity index (χ4v) is 4.36. The number of sulfonamides is 1. The van der Waals surface area contributed by atoms with E-state index in [1.54, 1.807) is 11.4 Å². The summed E-state index contributed by atoms with van der Waals surface area (Å²) in [5.74, 6) is -1.91. The predicted octanol–water partition coefficient (Wildman–Crippen LogP) is 3.07. The molecule has 0 unspecified atom stereocenters. The van der Waals surface area contributed by atoms with E-state index in [2.05, 4.69) is 5.32 Å². The van der Waals surface area contributed by atoms with E-state index >= 15 is 0 Å². The highest BCUT2D eigenvalue weighted by atomic mass is 32.2. The maximum Gasteiger partial charge on any atom is 0.252 e. The third-order valence-corrected chi connectivity index (χ3v) is 6.47. The number of rotatable bonds is 7. The van der Waals surface area contributed by atoms with E-state index in [1.807, 2.05) is 0 Å². The summed E-state index contributed by atoms with van der Waals surface area (Å²) in [5, 5.41) is 3.94. The summed E-state index contributed by atoms with van der Waals surface area (Å²) in [6, 6.07) is 5.92. The molecule has 1 aromatic carbocycles. The van der Waals surface area contributed by atoms with Crippen LogP contribution in [0.3, 0.4) is 0 Å². The van der Waals surface area contributed by atoms with Gasteiger partial charge in [-0.25, -0.2) is 21.5 Å². The second kappa shape index (κ2) is 7.82. The van der Waals surface area contributed by atoms with Gasteiger partial charge in [0.05, 0.1) is 5.69 Å². The van der Waals surface area contributed by atoms with E-state index in [1.165, 1.54) is 13.1 Å². The Kier molecular flexibility index (Phi) is 6.03. The Labute approximate surface area is 143 Å². The van der Waals surface area contributed by atoms with Crippen LogP contribution < -0.4 is 5.32 Å². The fourth-order valence-electron chi connectivity index (χ4n) is 1.95. The van der Waals surface area contributed by atoms with Crippen LogP contribution in [0.2, 0.25) is 0 Å². The monoisotopic (exact) mass is 374 g/mol. The molecule has 9 heteroatoms. The van der Waals surface area contributed by atoms with Gasteiger partial charge in [-0.1, -0.05) is 6.07 Å². The van der Waals surface area contributed by atoms with Crippen molar-refractivity contribution < 1.29 is 22.0 Å². The van der Waals surface area contributed by atoms with Crippen molar-refractivity contribution >= 4 is 33.0 Å². The van der Waals surface area contributed by atoms with Gasteiger partial charge in [0.25, 0.3) is 10.0 Å². The molecule has 0 fully saturated rings. The van der Waals surface area contributed by atoms with E-state index in [-0.39, 0.29) is 29.3 Å². The van der Waals surface area contributed by atoms with Crippen molar-refractivity contribution in [3.63, 3.8) is 0 Å². The molecule has 0 aliphatic heterocycles. The predicted molar refractivity (Wildman–Crippen MR) is 88.4 cm³/mol. The molecular formula is C15H16F2N2O3S2. The van der Waals surface area contributed by atoms with Crippen molar-refractivity contribution in [2.45, 2.75) is 17.1 Å². The molecule has 0 radical (unpaired) electrons. The summed E-state index contributed by atoms with van der Waals surface area (Å²) >= 11 is 1.12. The highest BCUT2D eigenvalue weighted by molar-refractivity contribution is 7.91. The van der Waals surface area contributed by atoms with Crippen molar-refractivity contribution in [3.8, 4) is 0 Å². The number of nitrogens with zero attached hydrogens (tertiary/aromatic N) is 1. The Morgan fingerprint density at radius 2 is 2.04 bits per heavy atom. The molecule has 0 aliphatic carbocycles. The lowest BCUT2D eigenvalue weighted by Crippen LogP contribution is -2.28. The van der Waals surface area contributed by atoms with E-state index in [9.17, 15) is 22.0 Å². The van der Waals surface area contributed by atoms with Crippen molar-refractivity contribution in [2.24, 2.45) is 0 Å². The normalized spacial score (nSPS) is 11.7. The van der Waals surface area contributed by atoms with Gasteiger partial charge in [-0.2, -0.15) is 0 Å². The van der Waals surface area contributed by atoms with Crippen LogP contribution in [0.25, 0.3) is 0 Å². The number of benzene rings is 1. The third kappa shape index (κ3) is 4.59. The number of carbonyl (C=O) groups is 1. The summed E-state index contributed by atoms with van der Waals surface area (Å²) < 4.78 is 52.2. The van der Waals surface area contributed by atoms with Gasteiger partial charge >= 0.3 is 0 Å². The number of anilines is 1. The molecule has 0 aliphatic rings. The first-order valence-electron chi connectivity index (χ1n) is 7.05. The van der Waals surface area contributed by atoms with Gasteiger partial charge in [-0.15, -0.1) is 11.3 Å². The second-order valence-corrected chi connectivity index (χ2v) is 8.25. The van der Waals surface area contributed by atoms with E-state index < -0.39 is 27.6 Å². The Morgan fingerprint density at radius 1 is 1.29 bits per heavy atom. The fraction of sp³-hybridized carbons (Fsp3) is 0.267. The minimum Gasteiger partial charge on any atom is -0.324 e. The Balaban J connectivity index is 1.85. The van der Waals surface area contributed by atoms with Crippen LogP contribution in [0.15, 0.2) is 39.9 Å². The van der Waals surface area contributed by atoms with Gasteiger partial charge in [-0.05, 0) is 30.0 Å². The van der Waals surface area contributed by atoms with Gasteiger partial charge < -0.3 is 5.32 Å². The van der Waals surface area contributed by atoms with Crippen LogP contribution in [-0.2, 0) is 14.8 Å². The molecule has 0 spiro atoms. The van der Waals surface area contributed by atoms with E-state index in [4.69, 9.17) is 0 Å². The minimum atomic E-state index is -3.55. The van der Waals surface area contributed by atoms with Gasteiger partial charge in [0, 0.05) is 26.1 Å². The number of hydrogen-bond donors (Lipinski definition) is 1. The molecule has 0 saturated carbocycles. The number of thiophene rings is 1. The highest BCUT2D eigenvalue weighted by Crippen LogP contribution is 2.20. The summed E-state index contributed by atoms with van der Waals surface area (Å²) in [6.07, 6.45) is 0.240. The Morgan fingerprint density at radius 3 is 2.71 bits per heavy atom. The van der Waals surface area contributed by atoms with Crippen LogP contribution in [0.4, 0.5) is 14.5 Å². The van der Waals surface area contributed by atoms with Crippen LogP contribution in [0.5, 0.6) is 0 Å². The van der Waals surface area contributed by atoms with Crippen LogP contribution in [0, 0.1) is 11.6 Å². The zero-order valence-corrected chi connectivity index (χ0v) is 14.5. The molecule has 5 nitrogen and oxygen atoms in total. The third-order valence-electron chi connectivity index (χ3n) is 3.24. The molecule has 1 amide bonds. The average molecular weight is 374 g/mol. The molecule has 24 heavy (non-hydrogen) atoms. The van der Waals surface area contributed by atoms with Gasteiger partial charge in [0.1, 0.15) is 15.8 Å². The zero-order chi connectivity index (χ0) is 17.7. The molecule has 1 heterocycles. The average Bonchev–Trinajstić information content (AvgIpc) is 3.06. The van der Waals surface area contributed by atoms with Gasteiger partial charge in [0.15, 0.2) is 0 Å². The molecule has 0 bridgehead atoms. The highest BCUT2D eigenvalue weighted by Gasteiger charge is 2.21. The lowest BCUT2D eigenvalue weighted by atomic mass is 10.2. The molecule has 2 rings (SSSR count). The number of halogens is 2. The van der Waals surface area contributed by atoms with Crippen molar-refractivity contribution in [3.05, 3.63) is 47.3 Å².